The standard InChI is InChI=1S/C7H9N3O3/c1-4(11)8-2-5-3-9-7(13)10-6(5)12/h3H,2H2,1H3,(H,8,11)(H2,9,10,12,13). The maximum atomic E-state index is 11.0. The van der Waals surface area contributed by atoms with Crippen LogP contribution in [0.1, 0.15) is 12.5 Å². The summed E-state index contributed by atoms with van der Waals surface area (Å²) in [5.74, 6) is -0.231. The third-order valence-electron chi connectivity index (χ3n) is 1.42. The van der Waals surface area contributed by atoms with Crippen LogP contribution in [0.2, 0.25) is 0 Å². The van der Waals surface area contributed by atoms with Crippen LogP contribution in [0, 0.1) is 0 Å². The fourth-order valence-corrected chi connectivity index (χ4v) is 0.789. The number of H-pyrrole nitrogens is 2. The van der Waals surface area contributed by atoms with Crippen LogP contribution in [0.5, 0.6) is 0 Å². The molecule has 6 nitrogen and oxygen atoms in total. The summed E-state index contributed by atoms with van der Waals surface area (Å²) in [4.78, 5) is 36.5. The van der Waals surface area contributed by atoms with Gasteiger partial charge in [0.05, 0.1) is 5.56 Å². The number of hydrogen-bond donors (Lipinski definition) is 3. The molecule has 1 aromatic heterocycles. The number of hydrogen-bond acceptors (Lipinski definition) is 3. The molecule has 0 unspecified atom stereocenters. The van der Waals surface area contributed by atoms with Crippen molar-refractivity contribution in [2.24, 2.45) is 0 Å². The van der Waals surface area contributed by atoms with Crippen molar-refractivity contribution in [3.8, 4) is 0 Å². The average Bonchev–Trinajstić information content (AvgIpc) is 2.02. The second kappa shape index (κ2) is 3.70. The quantitative estimate of drug-likeness (QED) is 0.531. The number of aromatic nitrogens is 2. The van der Waals surface area contributed by atoms with E-state index >= 15 is 0 Å². The first kappa shape index (κ1) is 9.24. The molecule has 0 aliphatic carbocycles. The molecule has 70 valence electrons. The number of aromatic amines is 2. The van der Waals surface area contributed by atoms with Crippen molar-refractivity contribution >= 4 is 5.91 Å². The van der Waals surface area contributed by atoms with Crippen LogP contribution >= 0.6 is 0 Å². The van der Waals surface area contributed by atoms with Gasteiger partial charge in [0.15, 0.2) is 0 Å². The van der Waals surface area contributed by atoms with Gasteiger partial charge < -0.3 is 10.3 Å². The summed E-state index contributed by atoms with van der Waals surface area (Å²) in [6, 6.07) is 0. The van der Waals surface area contributed by atoms with Gasteiger partial charge in [0.25, 0.3) is 5.56 Å². The van der Waals surface area contributed by atoms with Crippen molar-refractivity contribution in [1.82, 2.24) is 15.3 Å². The van der Waals surface area contributed by atoms with Crippen molar-refractivity contribution in [1.29, 1.82) is 0 Å². The van der Waals surface area contributed by atoms with E-state index in [4.69, 9.17) is 0 Å². The summed E-state index contributed by atoms with van der Waals surface area (Å²) >= 11 is 0. The van der Waals surface area contributed by atoms with Gasteiger partial charge in [0, 0.05) is 19.7 Å². The number of carbonyl (C=O) groups is 1. The van der Waals surface area contributed by atoms with E-state index in [-0.39, 0.29) is 12.5 Å². The largest absolute Gasteiger partial charge is 0.352 e. The van der Waals surface area contributed by atoms with E-state index in [2.05, 4.69) is 10.3 Å². The van der Waals surface area contributed by atoms with Crippen molar-refractivity contribution in [2.75, 3.05) is 0 Å². The van der Waals surface area contributed by atoms with E-state index in [1.165, 1.54) is 13.1 Å². The van der Waals surface area contributed by atoms with Crippen molar-refractivity contribution in [2.45, 2.75) is 13.5 Å². The second-order valence-electron chi connectivity index (χ2n) is 2.51. The lowest BCUT2D eigenvalue weighted by molar-refractivity contribution is -0.119. The van der Waals surface area contributed by atoms with E-state index in [0.29, 0.717) is 5.56 Å². The maximum Gasteiger partial charge on any atom is 0.325 e. The van der Waals surface area contributed by atoms with E-state index in [0.717, 1.165) is 0 Å². The van der Waals surface area contributed by atoms with E-state index in [1.54, 1.807) is 0 Å². The van der Waals surface area contributed by atoms with E-state index < -0.39 is 11.2 Å². The molecule has 0 atom stereocenters. The zero-order chi connectivity index (χ0) is 9.84. The molecule has 0 spiro atoms. The summed E-state index contributed by atoms with van der Waals surface area (Å²) in [7, 11) is 0. The molecule has 0 bridgehead atoms. The number of nitrogens with one attached hydrogen (secondary N) is 3. The number of amides is 1. The molecule has 1 amide bonds. The van der Waals surface area contributed by atoms with Gasteiger partial charge >= 0.3 is 5.69 Å². The zero-order valence-electron chi connectivity index (χ0n) is 7.01. The van der Waals surface area contributed by atoms with Crippen LogP contribution in [0.3, 0.4) is 0 Å². The van der Waals surface area contributed by atoms with Crippen LogP contribution in [-0.2, 0) is 11.3 Å². The van der Waals surface area contributed by atoms with Gasteiger partial charge in [-0.3, -0.25) is 14.6 Å². The lowest BCUT2D eigenvalue weighted by Crippen LogP contribution is -2.29. The zero-order valence-corrected chi connectivity index (χ0v) is 7.01. The third kappa shape index (κ3) is 2.58. The number of rotatable bonds is 2. The highest BCUT2D eigenvalue weighted by molar-refractivity contribution is 5.72. The molecular weight excluding hydrogens is 174 g/mol. The monoisotopic (exact) mass is 183 g/mol. The molecule has 1 heterocycles. The summed E-state index contributed by atoms with van der Waals surface area (Å²) in [5, 5.41) is 2.44. The van der Waals surface area contributed by atoms with Gasteiger partial charge in [0.2, 0.25) is 5.91 Å². The Labute approximate surface area is 73.0 Å². The highest BCUT2D eigenvalue weighted by Crippen LogP contribution is 1.82. The Hall–Kier alpha value is -1.85. The van der Waals surface area contributed by atoms with E-state index in [1.807, 2.05) is 4.98 Å². The molecular formula is C7H9N3O3. The van der Waals surface area contributed by atoms with Gasteiger partial charge in [-0.2, -0.15) is 0 Å². The predicted molar refractivity (Wildman–Crippen MR) is 45.2 cm³/mol. The molecule has 3 N–H and O–H groups in total. The second-order valence-corrected chi connectivity index (χ2v) is 2.51. The Balaban J connectivity index is 2.84. The summed E-state index contributed by atoms with van der Waals surface area (Å²) in [5.41, 5.74) is -0.733. The van der Waals surface area contributed by atoms with Gasteiger partial charge in [-0.25, -0.2) is 4.79 Å². The molecule has 0 aromatic carbocycles. The Morgan fingerprint density at radius 2 is 2.23 bits per heavy atom. The van der Waals surface area contributed by atoms with Gasteiger partial charge in [-0.15, -0.1) is 0 Å². The molecule has 13 heavy (non-hydrogen) atoms. The third-order valence-corrected chi connectivity index (χ3v) is 1.42. The molecule has 0 aliphatic heterocycles. The minimum absolute atomic E-state index is 0.113. The predicted octanol–water partition coefficient (Wildman–Crippen LogP) is -1.30. The number of carbonyl (C=O) groups excluding carboxylic acids is 1. The Morgan fingerprint density at radius 3 is 2.77 bits per heavy atom. The first-order chi connectivity index (χ1) is 6.09. The van der Waals surface area contributed by atoms with Crippen LogP contribution in [-0.4, -0.2) is 15.9 Å². The normalized spacial score (nSPS) is 9.62. The molecule has 0 saturated heterocycles. The minimum atomic E-state index is -0.559. The Morgan fingerprint density at radius 1 is 1.54 bits per heavy atom. The fourth-order valence-electron chi connectivity index (χ4n) is 0.789. The molecule has 6 heteroatoms. The fraction of sp³-hybridized carbons (Fsp3) is 0.286. The van der Waals surface area contributed by atoms with Crippen LogP contribution in [0.4, 0.5) is 0 Å². The molecule has 0 fully saturated rings. The van der Waals surface area contributed by atoms with Crippen molar-refractivity contribution in [3.05, 3.63) is 32.6 Å². The summed E-state index contributed by atoms with van der Waals surface area (Å²) < 4.78 is 0. The molecule has 0 aliphatic rings. The van der Waals surface area contributed by atoms with Crippen molar-refractivity contribution in [3.63, 3.8) is 0 Å². The average molecular weight is 183 g/mol. The smallest absolute Gasteiger partial charge is 0.325 e. The lowest BCUT2D eigenvalue weighted by atomic mass is 10.3. The molecule has 1 rings (SSSR count). The van der Waals surface area contributed by atoms with Crippen LogP contribution < -0.4 is 16.6 Å². The van der Waals surface area contributed by atoms with Gasteiger partial charge in [-0.1, -0.05) is 0 Å². The molecule has 1 aromatic rings. The molecule has 0 saturated carbocycles. The first-order valence-corrected chi connectivity index (χ1v) is 3.65. The molecule has 0 radical (unpaired) electrons. The first-order valence-electron chi connectivity index (χ1n) is 3.65. The SMILES string of the molecule is CC(=O)NCc1c[nH]c(=O)[nH]c1=O. The van der Waals surface area contributed by atoms with Crippen molar-refractivity contribution < 1.29 is 4.79 Å². The lowest BCUT2D eigenvalue weighted by Gasteiger charge is -1.99. The van der Waals surface area contributed by atoms with Crippen LogP contribution in [0.15, 0.2) is 15.8 Å². The topological polar surface area (TPSA) is 94.8 Å². The summed E-state index contributed by atoms with van der Waals surface area (Å²) in [6.45, 7) is 1.46. The summed E-state index contributed by atoms with van der Waals surface area (Å²) in [6.07, 6.45) is 1.27. The van der Waals surface area contributed by atoms with E-state index in [9.17, 15) is 14.4 Å². The highest BCUT2D eigenvalue weighted by atomic mass is 16.2. The Bertz CT molecular complexity index is 417. The Kier molecular flexibility index (Phi) is 2.63. The van der Waals surface area contributed by atoms with Gasteiger partial charge in [-0.05, 0) is 0 Å². The highest BCUT2D eigenvalue weighted by Gasteiger charge is 1.99. The minimum Gasteiger partial charge on any atom is -0.352 e. The van der Waals surface area contributed by atoms with Gasteiger partial charge in [0.1, 0.15) is 0 Å². The van der Waals surface area contributed by atoms with Crippen LogP contribution in [0.25, 0.3) is 0 Å². The maximum absolute atomic E-state index is 11.0.